The lowest BCUT2D eigenvalue weighted by Crippen LogP contribution is -2.15. The summed E-state index contributed by atoms with van der Waals surface area (Å²) in [6, 6.07) is 5.73. The highest BCUT2D eigenvalue weighted by Gasteiger charge is 2.01. The van der Waals surface area contributed by atoms with E-state index in [2.05, 4.69) is 27.9 Å². The van der Waals surface area contributed by atoms with Crippen molar-refractivity contribution >= 4 is 39.9 Å². The van der Waals surface area contributed by atoms with E-state index in [1.54, 1.807) is 6.92 Å². The molecule has 2 N–H and O–H groups in total. The summed E-state index contributed by atoms with van der Waals surface area (Å²) in [5.41, 5.74) is 0.870. The van der Waals surface area contributed by atoms with Gasteiger partial charge in [-0.25, -0.2) is 0 Å². The van der Waals surface area contributed by atoms with Crippen LogP contribution in [0.25, 0.3) is 0 Å². The molecule has 4 heteroatoms. The summed E-state index contributed by atoms with van der Waals surface area (Å²) >= 11 is 8.15. The molecule has 72 valence electrons. The lowest BCUT2D eigenvalue weighted by Gasteiger charge is -2.10. The van der Waals surface area contributed by atoms with E-state index in [-0.39, 0.29) is 6.10 Å². The van der Waals surface area contributed by atoms with Crippen molar-refractivity contribution in [1.82, 2.24) is 0 Å². The highest BCUT2D eigenvalue weighted by Crippen LogP contribution is 2.23. The minimum Gasteiger partial charge on any atom is -0.392 e. The van der Waals surface area contributed by atoms with Crippen LogP contribution in [0.15, 0.2) is 18.2 Å². The van der Waals surface area contributed by atoms with Gasteiger partial charge in [0.05, 0.1) is 16.8 Å². The predicted molar refractivity (Wildman–Crippen MR) is 64.3 cm³/mol. The smallest absolute Gasteiger partial charge is 0.0684 e. The first kappa shape index (κ1) is 11.1. The van der Waals surface area contributed by atoms with Crippen molar-refractivity contribution in [3.05, 3.63) is 26.8 Å². The largest absolute Gasteiger partial charge is 0.392 e. The van der Waals surface area contributed by atoms with Crippen LogP contribution in [-0.2, 0) is 0 Å². The van der Waals surface area contributed by atoms with Crippen LogP contribution in [0.4, 0.5) is 5.69 Å². The average molecular weight is 312 g/mol. The highest BCUT2D eigenvalue weighted by molar-refractivity contribution is 14.1. The van der Waals surface area contributed by atoms with Gasteiger partial charge in [-0.05, 0) is 47.7 Å². The van der Waals surface area contributed by atoms with E-state index in [1.807, 2.05) is 18.2 Å². The third-order valence-electron chi connectivity index (χ3n) is 1.52. The lowest BCUT2D eigenvalue weighted by molar-refractivity contribution is 0.208. The molecule has 0 saturated carbocycles. The van der Waals surface area contributed by atoms with Gasteiger partial charge in [-0.3, -0.25) is 0 Å². The molecular weight excluding hydrogens is 300 g/mol. The maximum atomic E-state index is 9.07. The molecule has 0 unspecified atom stereocenters. The second kappa shape index (κ2) is 5.02. The fourth-order valence-electron chi connectivity index (χ4n) is 0.891. The maximum absolute atomic E-state index is 9.07. The van der Waals surface area contributed by atoms with Crippen molar-refractivity contribution in [2.75, 3.05) is 11.9 Å². The second-order valence-electron chi connectivity index (χ2n) is 2.85. The summed E-state index contributed by atoms with van der Waals surface area (Å²) in [7, 11) is 0. The molecule has 1 aromatic carbocycles. The highest BCUT2D eigenvalue weighted by atomic mass is 127. The van der Waals surface area contributed by atoms with Crippen LogP contribution in [0.5, 0.6) is 0 Å². The van der Waals surface area contributed by atoms with Gasteiger partial charge in [-0.1, -0.05) is 11.6 Å². The normalized spacial score (nSPS) is 12.6. The molecule has 0 aliphatic heterocycles. The van der Waals surface area contributed by atoms with E-state index >= 15 is 0 Å². The molecule has 0 amide bonds. The molecular formula is C9H11ClINO. The molecule has 0 heterocycles. The van der Waals surface area contributed by atoms with Crippen LogP contribution in [0, 0.1) is 3.57 Å². The van der Waals surface area contributed by atoms with E-state index in [4.69, 9.17) is 16.7 Å². The third-order valence-corrected chi connectivity index (χ3v) is 2.52. The molecule has 1 atom stereocenters. The Labute approximate surface area is 96.4 Å². The summed E-state index contributed by atoms with van der Waals surface area (Å²) in [5, 5.41) is 12.8. The Morgan fingerprint density at radius 2 is 2.31 bits per heavy atom. The zero-order chi connectivity index (χ0) is 9.84. The van der Waals surface area contributed by atoms with Gasteiger partial charge in [0.15, 0.2) is 0 Å². The maximum Gasteiger partial charge on any atom is 0.0684 e. The Hall–Kier alpha value is -0.0000000000000000555. The van der Waals surface area contributed by atoms with E-state index in [1.165, 1.54) is 0 Å². The van der Waals surface area contributed by atoms with E-state index in [0.29, 0.717) is 11.6 Å². The number of nitrogens with one attached hydrogen (secondary N) is 1. The van der Waals surface area contributed by atoms with Crippen molar-refractivity contribution in [3.63, 3.8) is 0 Å². The van der Waals surface area contributed by atoms with E-state index in [0.717, 1.165) is 9.26 Å². The Balaban J connectivity index is 2.70. The second-order valence-corrected chi connectivity index (χ2v) is 4.51. The SMILES string of the molecule is C[C@H](O)CNc1cc(I)ccc1Cl. The Morgan fingerprint density at radius 1 is 1.62 bits per heavy atom. The number of aliphatic hydroxyl groups is 1. The molecule has 0 spiro atoms. The van der Waals surface area contributed by atoms with Gasteiger partial charge >= 0.3 is 0 Å². The Morgan fingerprint density at radius 3 is 2.92 bits per heavy atom. The van der Waals surface area contributed by atoms with Crippen LogP contribution in [-0.4, -0.2) is 17.8 Å². The fourth-order valence-corrected chi connectivity index (χ4v) is 1.57. The van der Waals surface area contributed by atoms with Gasteiger partial charge in [0.25, 0.3) is 0 Å². The first-order valence-electron chi connectivity index (χ1n) is 3.96. The minimum absolute atomic E-state index is 0.367. The molecule has 0 aliphatic rings. The summed E-state index contributed by atoms with van der Waals surface area (Å²) < 4.78 is 1.12. The summed E-state index contributed by atoms with van der Waals surface area (Å²) in [6.45, 7) is 2.24. The fraction of sp³-hybridized carbons (Fsp3) is 0.333. The number of halogens is 2. The van der Waals surface area contributed by atoms with Crippen LogP contribution < -0.4 is 5.32 Å². The monoisotopic (exact) mass is 311 g/mol. The quantitative estimate of drug-likeness (QED) is 0.841. The predicted octanol–water partition coefficient (Wildman–Crippen LogP) is 2.74. The summed E-state index contributed by atoms with van der Waals surface area (Å²) in [4.78, 5) is 0. The minimum atomic E-state index is -0.367. The van der Waals surface area contributed by atoms with Crippen LogP contribution >= 0.6 is 34.2 Å². The molecule has 2 nitrogen and oxygen atoms in total. The molecule has 0 saturated heterocycles. The van der Waals surface area contributed by atoms with Crippen LogP contribution in [0.1, 0.15) is 6.92 Å². The number of rotatable bonds is 3. The van der Waals surface area contributed by atoms with Crippen molar-refractivity contribution in [2.24, 2.45) is 0 Å². The number of hydrogen-bond donors (Lipinski definition) is 2. The van der Waals surface area contributed by atoms with Gasteiger partial charge in [-0.15, -0.1) is 0 Å². The van der Waals surface area contributed by atoms with Gasteiger partial charge in [0.1, 0.15) is 0 Å². The number of benzene rings is 1. The van der Waals surface area contributed by atoms with Gasteiger partial charge in [0, 0.05) is 10.1 Å². The van der Waals surface area contributed by atoms with Crippen molar-refractivity contribution in [3.8, 4) is 0 Å². The molecule has 0 radical (unpaired) electrons. The third kappa shape index (κ3) is 3.70. The molecule has 0 bridgehead atoms. The Bertz CT molecular complexity index is 291. The first-order valence-corrected chi connectivity index (χ1v) is 5.42. The number of hydrogen-bond acceptors (Lipinski definition) is 2. The van der Waals surface area contributed by atoms with Gasteiger partial charge in [-0.2, -0.15) is 0 Å². The molecule has 13 heavy (non-hydrogen) atoms. The number of anilines is 1. The summed E-state index contributed by atoms with van der Waals surface area (Å²) in [5.74, 6) is 0. The van der Waals surface area contributed by atoms with Gasteiger partial charge in [0.2, 0.25) is 0 Å². The molecule has 0 fully saturated rings. The molecule has 1 aromatic rings. The van der Waals surface area contributed by atoms with E-state index < -0.39 is 0 Å². The lowest BCUT2D eigenvalue weighted by atomic mass is 10.3. The van der Waals surface area contributed by atoms with E-state index in [9.17, 15) is 0 Å². The Kier molecular flexibility index (Phi) is 4.28. The number of aliphatic hydroxyl groups excluding tert-OH is 1. The average Bonchev–Trinajstić information content (AvgIpc) is 2.06. The van der Waals surface area contributed by atoms with Crippen LogP contribution in [0.2, 0.25) is 5.02 Å². The van der Waals surface area contributed by atoms with Crippen molar-refractivity contribution in [1.29, 1.82) is 0 Å². The molecule has 1 rings (SSSR count). The van der Waals surface area contributed by atoms with Gasteiger partial charge < -0.3 is 10.4 Å². The summed E-state index contributed by atoms with van der Waals surface area (Å²) in [6.07, 6.45) is -0.367. The van der Waals surface area contributed by atoms with Crippen molar-refractivity contribution in [2.45, 2.75) is 13.0 Å². The molecule has 0 aliphatic carbocycles. The zero-order valence-electron chi connectivity index (χ0n) is 7.22. The molecule has 0 aromatic heterocycles. The van der Waals surface area contributed by atoms with Crippen LogP contribution in [0.3, 0.4) is 0 Å². The van der Waals surface area contributed by atoms with Crippen molar-refractivity contribution < 1.29 is 5.11 Å². The zero-order valence-corrected chi connectivity index (χ0v) is 10.1. The standard InChI is InChI=1S/C9H11ClINO/c1-6(13)5-12-9-4-7(11)2-3-8(9)10/h2-4,6,12-13H,5H2,1H3/t6-/m0/s1. The first-order chi connectivity index (χ1) is 6.09. The topological polar surface area (TPSA) is 32.3 Å².